The van der Waals surface area contributed by atoms with Crippen LogP contribution >= 0.6 is 0 Å². The summed E-state index contributed by atoms with van der Waals surface area (Å²) < 4.78 is 0. The smallest absolute Gasteiger partial charge is 0.255 e. The van der Waals surface area contributed by atoms with Crippen molar-refractivity contribution in [2.45, 2.75) is 57.6 Å². The lowest BCUT2D eigenvalue weighted by molar-refractivity contribution is -0.155. The molecule has 0 aromatic heterocycles. The normalized spacial score (nSPS) is 29.8. The Bertz CT molecular complexity index is 1490. The second kappa shape index (κ2) is 9.17. The standard InChI is InChI=1S/C31H34N2O7/c1-13(2)22-20-11-16-10-19-18(15-4-3-14(9-15)12-33-17-5-6-17)7-8-21(34)24(19)27(36)23(16)28(37)31(20,40)29(38)25(26(22)35)30(32)39/h3-4,7-8,13,16-17,20,22,33-34,36,38,40H,5-6,9-12H2,1-2H3,(H2,32,39)/t16-,20-,22-,31-/m0/s1. The summed E-state index contributed by atoms with van der Waals surface area (Å²) in [4.78, 5) is 39.4. The molecule has 0 heterocycles. The molecule has 9 nitrogen and oxygen atoms in total. The number of carbonyl (C=O) groups is 3. The van der Waals surface area contributed by atoms with E-state index in [-0.39, 0.29) is 35.6 Å². The Morgan fingerprint density at radius 3 is 2.52 bits per heavy atom. The van der Waals surface area contributed by atoms with Crippen molar-refractivity contribution in [2.24, 2.45) is 29.4 Å². The van der Waals surface area contributed by atoms with Crippen LogP contribution in [0.1, 0.15) is 56.2 Å². The van der Waals surface area contributed by atoms with Crippen LogP contribution in [0, 0.1) is 23.7 Å². The van der Waals surface area contributed by atoms with Crippen molar-refractivity contribution in [3.05, 3.63) is 63.5 Å². The second-order valence-electron chi connectivity index (χ2n) is 12.2. The zero-order valence-electron chi connectivity index (χ0n) is 22.5. The lowest BCUT2D eigenvalue weighted by Gasteiger charge is -2.50. The molecule has 1 aromatic rings. The monoisotopic (exact) mass is 546 g/mol. The fourth-order valence-electron chi connectivity index (χ4n) is 7.24. The Kier molecular flexibility index (Phi) is 6.08. The van der Waals surface area contributed by atoms with Crippen molar-refractivity contribution in [1.29, 1.82) is 0 Å². The molecule has 1 aromatic carbocycles. The number of hydrogen-bond acceptors (Lipinski definition) is 8. The molecule has 210 valence electrons. The SMILES string of the molecule is CC(C)[C@@H]1C(=O)C(C(N)=O)=C(O)[C@@]2(O)C(=O)C3=C(O)c4c(O)ccc(C5=CC=C(CNC6CC6)C5)c4C[C@H]3C[C@@H]12. The molecule has 0 bridgehead atoms. The highest BCUT2D eigenvalue weighted by Gasteiger charge is 2.64. The third-order valence-electron chi connectivity index (χ3n) is 9.33. The Labute approximate surface area is 231 Å². The molecule has 40 heavy (non-hydrogen) atoms. The van der Waals surface area contributed by atoms with Gasteiger partial charge in [0, 0.05) is 30.0 Å². The minimum absolute atomic E-state index is 0.106. The molecule has 5 aliphatic rings. The summed E-state index contributed by atoms with van der Waals surface area (Å²) in [5.74, 6) is -7.53. The van der Waals surface area contributed by atoms with Crippen LogP contribution in [0.5, 0.6) is 5.75 Å². The summed E-state index contributed by atoms with van der Waals surface area (Å²) in [6, 6.07) is 3.89. The summed E-state index contributed by atoms with van der Waals surface area (Å²) in [7, 11) is 0. The van der Waals surface area contributed by atoms with Crippen molar-refractivity contribution in [3.8, 4) is 5.75 Å². The maximum Gasteiger partial charge on any atom is 0.255 e. The summed E-state index contributed by atoms with van der Waals surface area (Å²) in [6.07, 6.45) is 7.64. The van der Waals surface area contributed by atoms with E-state index in [2.05, 4.69) is 11.4 Å². The predicted molar refractivity (Wildman–Crippen MR) is 147 cm³/mol. The minimum Gasteiger partial charge on any atom is -0.508 e. The van der Waals surface area contributed by atoms with Gasteiger partial charge in [0.15, 0.2) is 11.4 Å². The average molecular weight is 547 g/mol. The van der Waals surface area contributed by atoms with Crippen LogP contribution in [0.4, 0.5) is 0 Å². The first kappa shape index (κ1) is 26.5. The van der Waals surface area contributed by atoms with E-state index < -0.39 is 57.9 Å². The zero-order valence-corrected chi connectivity index (χ0v) is 22.5. The van der Waals surface area contributed by atoms with E-state index >= 15 is 0 Å². The number of ketones is 2. The average Bonchev–Trinajstić information content (AvgIpc) is 3.60. The van der Waals surface area contributed by atoms with Gasteiger partial charge in [-0.3, -0.25) is 14.4 Å². The number of benzene rings is 1. The fourth-order valence-corrected chi connectivity index (χ4v) is 7.24. The van der Waals surface area contributed by atoms with E-state index in [0.29, 0.717) is 11.6 Å². The maximum absolute atomic E-state index is 14.0. The molecular weight excluding hydrogens is 512 g/mol. The molecule has 6 rings (SSSR count). The van der Waals surface area contributed by atoms with Gasteiger partial charge in [0.25, 0.3) is 5.91 Å². The fraction of sp³-hybridized carbons (Fsp3) is 0.452. The van der Waals surface area contributed by atoms with Crippen molar-refractivity contribution in [2.75, 3.05) is 6.54 Å². The number of primary amides is 1. The number of amides is 1. The first-order chi connectivity index (χ1) is 18.9. The number of fused-ring (bicyclic) bond motifs is 3. The topological polar surface area (TPSA) is 170 Å². The van der Waals surface area contributed by atoms with E-state index in [1.165, 1.54) is 24.5 Å². The van der Waals surface area contributed by atoms with E-state index in [4.69, 9.17) is 5.73 Å². The van der Waals surface area contributed by atoms with Gasteiger partial charge in [-0.05, 0) is 66.7 Å². The Hall–Kier alpha value is -3.69. The summed E-state index contributed by atoms with van der Waals surface area (Å²) in [5.41, 5.74) is 5.85. The van der Waals surface area contributed by atoms with Gasteiger partial charge in [-0.1, -0.05) is 37.6 Å². The first-order valence-corrected chi connectivity index (χ1v) is 13.9. The molecule has 7 N–H and O–H groups in total. The molecule has 9 heteroatoms. The minimum atomic E-state index is -2.60. The van der Waals surface area contributed by atoms with Crippen molar-refractivity contribution >= 4 is 28.8 Å². The number of allylic oxidation sites excluding steroid dienone is 3. The number of phenols is 1. The molecule has 0 unspecified atom stereocenters. The van der Waals surface area contributed by atoms with E-state index in [1.807, 2.05) is 12.1 Å². The second-order valence-corrected chi connectivity index (χ2v) is 12.2. The molecule has 1 amide bonds. The molecule has 0 spiro atoms. The van der Waals surface area contributed by atoms with Gasteiger partial charge < -0.3 is 31.5 Å². The van der Waals surface area contributed by atoms with Crippen LogP contribution in [0.15, 0.2) is 46.8 Å². The van der Waals surface area contributed by atoms with E-state index in [1.54, 1.807) is 13.8 Å². The molecule has 0 radical (unpaired) electrons. The van der Waals surface area contributed by atoms with Crippen LogP contribution in [0.3, 0.4) is 0 Å². The first-order valence-electron chi connectivity index (χ1n) is 13.9. The zero-order chi connectivity index (χ0) is 28.7. The van der Waals surface area contributed by atoms with Crippen molar-refractivity contribution in [3.63, 3.8) is 0 Å². The third-order valence-corrected chi connectivity index (χ3v) is 9.33. The van der Waals surface area contributed by atoms with Gasteiger partial charge in [-0.15, -0.1) is 0 Å². The molecule has 0 aliphatic heterocycles. The Morgan fingerprint density at radius 2 is 1.88 bits per heavy atom. The van der Waals surface area contributed by atoms with Crippen LogP contribution in [-0.2, 0) is 20.8 Å². The van der Waals surface area contributed by atoms with Gasteiger partial charge in [0.2, 0.25) is 5.78 Å². The van der Waals surface area contributed by atoms with Gasteiger partial charge in [-0.25, -0.2) is 0 Å². The number of Topliss-reactive ketones (excluding diaryl/α,β-unsaturated/α-hetero) is 2. The van der Waals surface area contributed by atoms with Crippen LogP contribution in [0.25, 0.3) is 11.3 Å². The van der Waals surface area contributed by atoms with Gasteiger partial charge in [0.05, 0.1) is 5.56 Å². The van der Waals surface area contributed by atoms with E-state index in [9.17, 15) is 34.8 Å². The van der Waals surface area contributed by atoms with Crippen LogP contribution in [0.2, 0.25) is 0 Å². The lowest BCUT2D eigenvalue weighted by atomic mass is 9.54. The number of phenolic OH excluding ortho intramolecular Hbond substituents is 1. The number of nitrogens with one attached hydrogen (secondary N) is 1. The number of aliphatic hydroxyl groups is 3. The molecule has 0 saturated heterocycles. The molecule has 2 saturated carbocycles. The molecule has 4 atom stereocenters. The highest BCUT2D eigenvalue weighted by molar-refractivity contribution is 6.23. The van der Waals surface area contributed by atoms with E-state index in [0.717, 1.165) is 24.1 Å². The van der Waals surface area contributed by atoms with Crippen molar-refractivity contribution < 1.29 is 34.8 Å². The number of rotatable bonds is 6. The number of nitrogens with two attached hydrogens (primary N) is 1. The summed E-state index contributed by atoms with van der Waals surface area (Å²) >= 11 is 0. The summed E-state index contributed by atoms with van der Waals surface area (Å²) in [5, 5.41) is 48.5. The Balaban J connectivity index is 1.43. The van der Waals surface area contributed by atoms with Gasteiger partial charge >= 0.3 is 0 Å². The van der Waals surface area contributed by atoms with Gasteiger partial charge in [-0.2, -0.15) is 0 Å². The number of carbonyl (C=O) groups excluding carboxylic acids is 3. The molecule has 5 aliphatic carbocycles. The number of aliphatic hydroxyl groups excluding tert-OH is 2. The Morgan fingerprint density at radius 1 is 1.15 bits per heavy atom. The summed E-state index contributed by atoms with van der Waals surface area (Å²) in [6.45, 7) is 4.30. The van der Waals surface area contributed by atoms with Crippen LogP contribution in [-0.4, -0.2) is 56.1 Å². The molecule has 2 fully saturated rings. The number of hydrogen-bond donors (Lipinski definition) is 6. The van der Waals surface area contributed by atoms with Crippen molar-refractivity contribution in [1.82, 2.24) is 5.32 Å². The van der Waals surface area contributed by atoms with Crippen LogP contribution < -0.4 is 11.1 Å². The quantitative estimate of drug-likeness (QED) is 0.296. The molecular formula is C31H34N2O7. The third kappa shape index (κ3) is 3.78. The number of aromatic hydroxyl groups is 1. The highest BCUT2D eigenvalue weighted by atomic mass is 16.3. The maximum atomic E-state index is 14.0. The predicted octanol–water partition coefficient (Wildman–Crippen LogP) is 2.77. The lowest BCUT2D eigenvalue weighted by Crippen LogP contribution is -2.62. The largest absolute Gasteiger partial charge is 0.508 e. The highest BCUT2D eigenvalue weighted by Crippen LogP contribution is 2.55. The van der Waals surface area contributed by atoms with Gasteiger partial charge in [0.1, 0.15) is 22.8 Å².